The van der Waals surface area contributed by atoms with Gasteiger partial charge in [0.15, 0.2) is 5.78 Å². The highest BCUT2D eigenvalue weighted by atomic mass is 32.2. The van der Waals surface area contributed by atoms with E-state index in [1.807, 2.05) is 0 Å². The van der Waals surface area contributed by atoms with Crippen molar-refractivity contribution in [1.82, 2.24) is 9.78 Å². The Morgan fingerprint density at radius 3 is 2.20 bits per heavy atom. The molecule has 1 unspecified atom stereocenters. The molecule has 1 atom stereocenters. The lowest BCUT2D eigenvalue weighted by Crippen LogP contribution is -2.42. The molecule has 30 heavy (non-hydrogen) atoms. The van der Waals surface area contributed by atoms with E-state index in [0.29, 0.717) is 22.2 Å². The van der Waals surface area contributed by atoms with Gasteiger partial charge in [0.1, 0.15) is 5.54 Å². The molecule has 10 heteroatoms. The number of carbonyl (C=O) groups is 1. The zero-order valence-electron chi connectivity index (χ0n) is 16.5. The summed E-state index contributed by atoms with van der Waals surface area (Å²) in [5.74, 6) is -0.309. The van der Waals surface area contributed by atoms with E-state index < -0.39 is 27.3 Å². The van der Waals surface area contributed by atoms with Crippen LogP contribution in [0.3, 0.4) is 0 Å². The number of sulfonamides is 1. The van der Waals surface area contributed by atoms with Crippen molar-refractivity contribution >= 4 is 32.4 Å². The minimum absolute atomic E-state index is 0.230. The predicted octanol–water partition coefficient (Wildman–Crippen LogP) is 4.17. The van der Waals surface area contributed by atoms with Gasteiger partial charge in [-0.3, -0.25) is 9.52 Å². The van der Waals surface area contributed by atoms with Crippen LogP contribution >= 0.6 is 0 Å². The smallest absolute Gasteiger partial charge is 0.297 e. The van der Waals surface area contributed by atoms with Crippen molar-refractivity contribution in [1.29, 1.82) is 0 Å². The summed E-state index contributed by atoms with van der Waals surface area (Å²) in [6, 6.07) is 9.28. The van der Waals surface area contributed by atoms with E-state index in [1.165, 1.54) is 29.9 Å². The van der Waals surface area contributed by atoms with Gasteiger partial charge in [0, 0.05) is 5.39 Å². The Kier molecular flexibility index (Phi) is 5.40. The molecular formula is C20H20F3N3O3S. The van der Waals surface area contributed by atoms with Gasteiger partial charge in [-0.25, -0.2) is 13.1 Å². The number of halogens is 3. The second kappa shape index (κ2) is 7.42. The summed E-state index contributed by atoms with van der Waals surface area (Å²) in [5, 5.41) is 4.80. The molecule has 0 aliphatic heterocycles. The Morgan fingerprint density at radius 1 is 1.10 bits per heavy atom. The summed E-state index contributed by atoms with van der Waals surface area (Å²) in [6.45, 7) is 3.10. The molecule has 3 aromatic rings. The van der Waals surface area contributed by atoms with E-state index in [4.69, 9.17) is 0 Å². The summed E-state index contributed by atoms with van der Waals surface area (Å²) in [5.41, 5.74) is -1.04. The Hall–Kier alpha value is -2.88. The van der Waals surface area contributed by atoms with Crippen molar-refractivity contribution < 1.29 is 26.4 Å². The molecule has 0 aliphatic carbocycles. The molecule has 2 aromatic carbocycles. The molecule has 3 rings (SSSR count). The number of rotatable bonds is 6. The molecule has 0 spiro atoms. The molecule has 0 aliphatic rings. The minimum Gasteiger partial charge on any atom is -0.297 e. The van der Waals surface area contributed by atoms with Gasteiger partial charge in [-0.1, -0.05) is 25.1 Å². The van der Waals surface area contributed by atoms with E-state index in [-0.39, 0.29) is 12.2 Å². The number of alkyl halides is 3. The SMILES string of the molecule is CCC(C(C)=O)(c1ccc(C(F)(F)F)cc1)n1ncc2c(NS(C)(=O)=O)cccc21. The zero-order valence-corrected chi connectivity index (χ0v) is 17.3. The van der Waals surface area contributed by atoms with Gasteiger partial charge < -0.3 is 0 Å². The molecule has 0 fully saturated rings. The summed E-state index contributed by atoms with van der Waals surface area (Å²) >= 11 is 0. The van der Waals surface area contributed by atoms with Gasteiger partial charge >= 0.3 is 6.18 Å². The third kappa shape index (κ3) is 3.79. The van der Waals surface area contributed by atoms with Crippen molar-refractivity contribution in [3.05, 3.63) is 59.8 Å². The van der Waals surface area contributed by atoms with Crippen molar-refractivity contribution in [3.8, 4) is 0 Å². The summed E-state index contributed by atoms with van der Waals surface area (Å²) in [4.78, 5) is 12.8. The fraction of sp³-hybridized carbons (Fsp3) is 0.300. The lowest BCUT2D eigenvalue weighted by molar-refractivity contribution is -0.137. The van der Waals surface area contributed by atoms with Gasteiger partial charge in [0.2, 0.25) is 10.0 Å². The number of fused-ring (bicyclic) bond motifs is 1. The molecule has 160 valence electrons. The van der Waals surface area contributed by atoms with Crippen LogP contribution in [0.15, 0.2) is 48.7 Å². The Labute approximate surface area is 171 Å². The van der Waals surface area contributed by atoms with Crippen LogP contribution in [0.2, 0.25) is 0 Å². The lowest BCUT2D eigenvalue weighted by Gasteiger charge is -2.32. The summed E-state index contributed by atoms with van der Waals surface area (Å²) in [7, 11) is -3.55. The largest absolute Gasteiger partial charge is 0.416 e. The molecule has 6 nitrogen and oxygen atoms in total. The number of hydrogen-bond donors (Lipinski definition) is 1. The highest BCUT2D eigenvalue weighted by molar-refractivity contribution is 7.92. The number of anilines is 1. The predicted molar refractivity (Wildman–Crippen MR) is 108 cm³/mol. The quantitative estimate of drug-likeness (QED) is 0.625. The second-order valence-electron chi connectivity index (χ2n) is 7.01. The van der Waals surface area contributed by atoms with Crippen LogP contribution in [0.4, 0.5) is 18.9 Å². The molecule has 1 aromatic heterocycles. The number of carbonyl (C=O) groups excluding carboxylic acids is 1. The standard InChI is InChI=1S/C20H20F3N3O3S/c1-4-19(13(2)27,14-8-10-15(11-9-14)20(21,22)23)26-18-7-5-6-17(16(18)12-24-26)25-30(3,28)29/h5-12,25H,4H2,1-3H3. The Bertz CT molecular complexity index is 1200. The fourth-order valence-corrected chi connectivity index (χ4v) is 4.23. The van der Waals surface area contributed by atoms with E-state index in [9.17, 15) is 26.4 Å². The van der Waals surface area contributed by atoms with Gasteiger partial charge in [-0.15, -0.1) is 0 Å². The van der Waals surface area contributed by atoms with Crippen LogP contribution in [0.25, 0.3) is 10.9 Å². The number of benzene rings is 2. The normalized spacial score (nSPS) is 14.5. The number of nitrogens with one attached hydrogen (secondary N) is 1. The summed E-state index contributed by atoms with van der Waals surface area (Å²) < 4.78 is 66.1. The van der Waals surface area contributed by atoms with Crippen LogP contribution in [0, 0.1) is 0 Å². The van der Waals surface area contributed by atoms with Gasteiger partial charge in [-0.05, 0) is 43.2 Å². The zero-order chi connectivity index (χ0) is 22.3. The van der Waals surface area contributed by atoms with Crippen LogP contribution < -0.4 is 4.72 Å². The minimum atomic E-state index is -4.49. The third-order valence-corrected chi connectivity index (χ3v) is 5.65. The first-order valence-corrected chi connectivity index (χ1v) is 10.9. The Balaban J connectivity index is 2.24. The molecule has 0 saturated heterocycles. The highest BCUT2D eigenvalue weighted by Gasteiger charge is 2.40. The van der Waals surface area contributed by atoms with Gasteiger partial charge in [-0.2, -0.15) is 18.3 Å². The third-order valence-electron chi connectivity index (χ3n) is 5.05. The van der Waals surface area contributed by atoms with Crippen LogP contribution in [0.5, 0.6) is 0 Å². The van der Waals surface area contributed by atoms with Crippen molar-refractivity contribution in [2.24, 2.45) is 0 Å². The maximum Gasteiger partial charge on any atom is 0.416 e. The van der Waals surface area contributed by atoms with Gasteiger partial charge in [0.05, 0.1) is 29.2 Å². The fourth-order valence-electron chi connectivity index (χ4n) is 3.66. The average molecular weight is 439 g/mol. The van der Waals surface area contributed by atoms with Crippen LogP contribution in [-0.2, 0) is 26.5 Å². The first-order valence-electron chi connectivity index (χ1n) is 9.04. The first-order chi connectivity index (χ1) is 13.9. The Morgan fingerprint density at radius 2 is 1.70 bits per heavy atom. The lowest BCUT2D eigenvalue weighted by atomic mass is 9.83. The average Bonchev–Trinajstić information content (AvgIpc) is 3.07. The van der Waals surface area contributed by atoms with Crippen LogP contribution in [0.1, 0.15) is 31.4 Å². The molecule has 0 amide bonds. The number of hydrogen-bond acceptors (Lipinski definition) is 4. The van der Waals surface area contributed by atoms with E-state index in [2.05, 4.69) is 9.82 Å². The molecule has 0 saturated carbocycles. The molecule has 0 bridgehead atoms. The number of aromatic nitrogens is 2. The van der Waals surface area contributed by atoms with Crippen molar-refractivity contribution in [2.75, 3.05) is 11.0 Å². The van der Waals surface area contributed by atoms with E-state index in [1.54, 1.807) is 25.1 Å². The summed E-state index contributed by atoms with van der Waals surface area (Å²) in [6.07, 6.45) is -1.81. The molecule has 1 N–H and O–H groups in total. The second-order valence-corrected chi connectivity index (χ2v) is 8.76. The van der Waals surface area contributed by atoms with Crippen molar-refractivity contribution in [3.63, 3.8) is 0 Å². The highest BCUT2D eigenvalue weighted by Crippen LogP contribution is 2.37. The van der Waals surface area contributed by atoms with Gasteiger partial charge in [0.25, 0.3) is 0 Å². The maximum atomic E-state index is 13.0. The first kappa shape index (κ1) is 21.8. The number of nitrogens with zero attached hydrogens (tertiary/aromatic N) is 2. The topological polar surface area (TPSA) is 81.1 Å². The van der Waals surface area contributed by atoms with Crippen LogP contribution in [-0.4, -0.2) is 30.2 Å². The van der Waals surface area contributed by atoms with E-state index in [0.717, 1.165) is 18.4 Å². The monoisotopic (exact) mass is 439 g/mol. The molecule has 0 radical (unpaired) electrons. The molecular weight excluding hydrogens is 419 g/mol. The molecule has 1 heterocycles. The number of Topliss-reactive ketones (excluding diaryl/α,β-unsaturated/α-hetero) is 1. The van der Waals surface area contributed by atoms with E-state index >= 15 is 0 Å². The maximum absolute atomic E-state index is 13.0. The number of ketones is 1. The van der Waals surface area contributed by atoms with Crippen molar-refractivity contribution in [2.45, 2.75) is 32.0 Å².